The number of hydrogen-bond donors (Lipinski definition) is 2. The number of fused-ring (bicyclic) bond motifs is 4. The van der Waals surface area contributed by atoms with E-state index in [-0.39, 0.29) is 17.4 Å². The number of ether oxygens (including phenoxy) is 3. The van der Waals surface area contributed by atoms with Crippen LogP contribution in [0.1, 0.15) is 92.8 Å². The molecule has 4 aromatic rings. The van der Waals surface area contributed by atoms with Crippen molar-refractivity contribution in [2.24, 2.45) is 11.8 Å². The first-order valence-corrected chi connectivity index (χ1v) is 20.3. The molecule has 0 unspecified atom stereocenters. The zero-order valence-electron chi connectivity index (χ0n) is 32.1. The van der Waals surface area contributed by atoms with Crippen LogP contribution in [0.25, 0.3) is 0 Å². The van der Waals surface area contributed by atoms with Gasteiger partial charge in [0.05, 0.1) is 12.3 Å². The Labute approximate surface area is 329 Å². The highest BCUT2D eigenvalue weighted by Crippen LogP contribution is 2.58. The van der Waals surface area contributed by atoms with Gasteiger partial charge in [-0.2, -0.15) is 0 Å². The fourth-order valence-electron chi connectivity index (χ4n) is 9.91. The first-order chi connectivity index (χ1) is 26.6. The Morgan fingerprint density at radius 3 is 2.75 bits per heavy atom. The molecule has 3 aliphatic carbocycles. The van der Waals surface area contributed by atoms with Crippen molar-refractivity contribution >= 4 is 23.3 Å². The lowest BCUT2D eigenvalue weighted by Crippen LogP contribution is -2.53. The Bertz CT molecular complexity index is 2000. The molecule has 0 bridgehead atoms. The number of pyridine rings is 1. The minimum Gasteiger partial charge on any atom is -0.493 e. The Hall–Kier alpha value is -4.41. The van der Waals surface area contributed by atoms with E-state index >= 15 is 0 Å². The first-order valence-electron chi connectivity index (χ1n) is 19.9. The summed E-state index contributed by atoms with van der Waals surface area (Å²) in [6.45, 7) is 7.03. The van der Waals surface area contributed by atoms with E-state index in [2.05, 4.69) is 58.2 Å². The van der Waals surface area contributed by atoms with Gasteiger partial charge in [0.25, 0.3) is 0 Å². The second-order valence-corrected chi connectivity index (χ2v) is 17.0. The highest BCUT2D eigenvalue weighted by molar-refractivity contribution is 6.30. The van der Waals surface area contributed by atoms with Crippen molar-refractivity contribution in [2.45, 2.75) is 101 Å². The number of hydrogen-bond acceptors (Lipinski definition) is 9. The van der Waals surface area contributed by atoms with Crippen molar-refractivity contribution in [3.05, 3.63) is 100 Å². The minimum atomic E-state index is -1.09. The number of carboxylic acid groups (broad SMARTS) is 1. The van der Waals surface area contributed by atoms with Gasteiger partial charge in [0.15, 0.2) is 11.5 Å². The number of carbonyl (C=O) groups is 1. The van der Waals surface area contributed by atoms with Crippen LogP contribution >= 0.6 is 11.6 Å². The van der Waals surface area contributed by atoms with Gasteiger partial charge < -0.3 is 24.6 Å². The Kier molecular flexibility index (Phi) is 10.6. The summed E-state index contributed by atoms with van der Waals surface area (Å²) in [4.78, 5) is 28.4. The molecule has 0 amide bonds. The number of halogens is 1. The largest absolute Gasteiger partial charge is 0.493 e. The highest BCUT2D eigenvalue weighted by atomic mass is 35.5. The molecule has 1 aliphatic heterocycles. The predicted octanol–water partition coefficient (Wildman–Crippen LogP) is 8.26. The molecule has 1 saturated carbocycles. The van der Waals surface area contributed by atoms with Gasteiger partial charge in [0.2, 0.25) is 0 Å². The van der Waals surface area contributed by atoms with Crippen LogP contribution in [0.15, 0.2) is 67.3 Å². The van der Waals surface area contributed by atoms with Crippen molar-refractivity contribution in [3.8, 4) is 17.2 Å². The van der Waals surface area contributed by atoms with Gasteiger partial charge >= 0.3 is 5.97 Å². The molecular weight excluding hydrogens is 714 g/mol. The van der Waals surface area contributed by atoms with E-state index in [0.717, 1.165) is 67.2 Å². The van der Waals surface area contributed by atoms with Crippen molar-refractivity contribution in [1.82, 2.24) is 19.9 Å². The van der Waals surface area contributed by atoms with E-state index in [1.807, 2.05) is 30.5 Å². The molecule has 2 N–H and O–H groups in total. The van der Waals surface area contributed by atoms with E-state index in [9.17, 15) is 9.90 Å². The number of aryl methyl sites for hydroxylation is 1. The summed E-state index contributed by atoms with van der Waals surface area (Å²) in [6, 6.07) is 15.7. The molecular formula is C44H52ClN5O5. The highest BCUT2D eigenvalue weighted by Gasteiger charge is 2.54. The maximum absolute atomic E-state index is 13.1. The third-order valence-electron chi connectivity index (χ3n) is 12.7. The third-order valence-corrected chi connectivity index (χ3v) is 12.9. The topological polar surface area (TPSA) is 119 Å². The summed E-state index contributed by atoms with van der Waals surface area (Å²) in [6.07, 6.45) is 12.7. The molecule has 2 aromatic heterocycles. The average Bonchev–Trinajstić information content (AvgIpc) is 3.44. The SMILES string of the molecule is C[C@@H](COc1ccnc2c1[C@H](C)CCC2)C[C@H]1Cc2cc3c(cc2C12CCC(Nc1cccc(Cl)c1)(C(=O)O)CC2)O[C@H](CN(C)Cc1ccncn1)CO3. The molecule has 2 aromatic carbocycles. The van der Waals surface area contributed by atoms with Crippen LogP contribution < -0.4 is 19.5 Å². The summed E-state index contributed by atoms with van der Waals surface area (Å²) in [5.74, 6) is 2.74. The molecule has 4 aliphatic rings. The number of aliphatic carboxylic acids is 1. The Morgan fingerprint density at radius 1 is 1.11 bits per heavy atom. The van der Waals surface area contributed by atoms with E-state index in [1.165, 1.54) is 28.8 Å². The van der Waals surface area contributed by atoms with Gasteiger partial charge in [-0.25, -0.2) is 14.8 Å². The lowest BCUT2D eigenvalue weighted by Gasteiger charge is -2.47. The van der Waals surface area contributed by atoms with Gasteiger partial charge in [-0.05, 0) is 142 Å². The lowest BCUT2D eigenvalue weighted by atomic mass is 9.59. The lowest BCUT2D eigenvalue weighted by molar-refractivity contribution is -0.144. The van der Waals surface area contributed by atoms with E-state index in [1.54, 1.807) is 24.7 Å². The molecule has 0 saturated heterocycles. The van der Waals surface area contributed by atoms with Crippen LogP contribution in [-0.2, 0) is 29.6 Å². The Morgan fingerprint density at radius 2 is 1.96 bits per heavy atom. The maximum atomic E-state index is 13.1. The fraction of sp³-hybridized carbons (Fsp3) is 0.500. The summed E-state index contributed by atoms with van der Waals surface area (Å²) >= 11 is 6.32. The zero-order valence-corrected chi connectivity index (χ0v) is 32.9. The smallest absolute Gasteiger partial charge is 0.329 e. The minimum absolute atomic E-state index is 0.141. The summed E-state index contributed by atoms with van der Waals surface area (Å²) in [7, 11) is 2.06. The second-order valence-electron chi connectivity index (χ2n) is 16.6. The Balaban J connectivity index is 1.04. The third kappa shape index (κ3) is 7.72. The molecule has 0 radical (unpaired) electrons. The number of benzene rings is 2. The number of nitrogens with zero attached hydrogens (tertiary/aromatic N) is 4. The summed E-state index contributed by atoms with van der Waals surface area (Å²) in [5, 5.41) is 14.7. The molecule has 10 nitrogen and oxygen atoms in total. The molecule has 1 spiro atoms. The number of carboxylic acids is 1. The number of aromatic nitrogens is 3. The molecule has 4 atom stereocenters. The van der Waals surface area contributed by atoms with E-state index in [0.29, 0.717) is 56.0 Å². The second kappa shape index (κ2) is 15.6. The van der Waals surface area contributed by atoms with Crippen molar-refractivity contribution in [3.63, 3.8) is 0 Å². The quantitative estimate of drug-likeness (QED) is 0.146. The van der Waals surface area contributed by atoms with E-state index < -0.39 is 11.5 Å². The number of nitrogens with one attached hydrogen (secondary N) is 1. The maximum Gasteiger partial charge on any atom is 0.329 e. The van der Waals surface area contributed by atoms with Crippen molar-refractivity contribution in [2.75, 3.05) is 32.1 Å². The van der Waals surface area contributed by atoms with Crippen molar-refractivity contribution in [1.29, 1.82) is 0 Å². The standard InChI is InChI=1S/C44H52ClN5O5/c1-28(25-53-38-11-17-47-37-9-4-6-29(2)41(37)38)18-31-19-30-20-39-40(55-35(26-54-39)24-50(3)23-34-10-16-46-27-48-34)22-36(30)43(31)12-14-44(15-13-43,42(51)52)49-33-8-5-7-32(45)21-33/h5,7-8,10-11,16-17,20-22,27-29,31,35,49H,4,6,9,12-15,18-19,23-26H2,1-3H3,(H,51,52)/t28-,29-,31+,35-,43?,44?/m1/s1. The summed E-state index contributed by atoms with van der Waals surface area (Å²) in [5.41, 5.74) is 5.39. The van der Waals surface area contributed by atoms with Crippen LogP contribution in [0.5, 0.6) is 17.2 Å². The van der Waals surface area contributed by atoms with E-state index in [4.69, 9.17) is 25.8 Å². The average molecular weight is 766 g/mol. The van der Waals surface area contributed by atoms with Crippen LogP contribution in [0.3, 0.4) is 0 Å². The molecule has 55 heavy (non-hydrogen) atoms. The summed E-state index contributed by atoms with van der Waals surface area (Å²) < 4.78 is 19.7. The van der Waals surface area contributed by atoms with Gasteiger partial charge in [-0.3, -0.25) is 9.88 Å². The van der Waals surface area contributed by atoms with Gasteiger partial charge in [-0.15, -0.1) is 0 Å². The van der Waals surface area contributed by atoms with Gasteiger partial charge in [0, 0.05) is 47.5 Å². The molecule has 8 rings (SSSR count). The normalized spacial score (nSPS) is 25.9. The van der Waals surface area contributed by atoms with Crippen molar-refractivity contribution < 1.29 is 24.1 Å². The molecule has 1 fully saturated rings. The molecule has 11 heteroatoms. The van der Waals surface area contributed by atoms with Crippen LogP contribution in [0.4, 0.5) is 5.69 Å². The van der Waals surface area contributed by atoms with Crippen LogP contribution in [0, 0.1) is 11.8 Å². The molecule has 290 valence electrons. The number of rotatable bonds is 12. The zero-order chi connectivity index (χ0) is 38.2. The molecule has 3 heterocycles. The monoisotopic (exact) mass is 765 g/mol. The van der Waals surface area contributed by atoms with Gasteiger partial charge in [0.1, 0.15) is 30.3 Å². The number of likely N-dealkylation sites (N-methyl/N-ethyl adjacent to an activating group) is 1. The fourth-order valence-corrected chi connectivity index (χ4v) is 10.1. The first kappa shape index (κ1) is 37.5. The predicted molar refractivity (Wildman–Crippen MR) is 212 cm³/mol. The number of anilines is 1. The van der Waals surface area contributed by atoms with Gasteiger partial charge in [-0.1, -0.05) is 31.5 Å². The van der Waals surface area contributed by atoms with Crippen LogP contribution in [0.2, 0.25) is 5.02 Å². The van der Waals surface area contributed by atoms with Crippen LogP contribution in [-0.4, -0.2) is 69.4 Å².